The molecule has 0 N–H and O–H groups in total. The average molecular weight is 321 g/mol. The van der Waals surface area contributed by atoms with Crippen LogP contribution in [0.5, 0.6) is 0 Å². The molecular formula is C21H17ClO. The van der Waals surface area contributed by atoms with Gasteiger partial charge in [0.1, 0.15) is 0 Å². The normalized spacial score (nSPS) is 11.2. The number of hydrogen-bond acceptors (Lipinski definition) is 1. The second-order valence-electron chi connectivity index (χ2n) is 5.57. The molecule has 114 valence electrons. The summed E-state index contributed by atoms with van der Waals surface area (Å²) in [7, 11) is 0. The molecule has 0 aliphatic rings. The smallest absolute Gasteiger partial charge is 0.236 e. The van der Waals surface area contributed by atoms with Gasteiger partial charge in [-0.05, 0) is 34.7 Å². The molecule has 0 amide bonds. The molecule has 3 aromatic rings. The molecule has 1 nitrogen and oxygen atoms in total. The Hall–Kier alpha value is -2.38. The van der Waals surface area contributed by atoms with E-state index in [1.807, 2.05) is 91.0 Å². The fourth-order valence-electron chi connectivity index (χ4n) is 3.01. The molecule has 0 heterocycles. The third kappa shape index (κ3) is 3.06. The Bertz CT molecular complexity index is 727. The summed E-state index contributed by atoms with van der Waals surface area (Å²) in [6.07, 6.45) is 0.532. The third-order valence-corrected chi connectivity index (χ3v) is 4.50. The lowest BCUT2D eigenvalue weighted by molar-refractivity contribution is -0.115. The lowest BCUT2D eigenvalue weighted by atomic mass is 9.71. The first-order chi connectivity index (χ1) is 11.2. The standard InChI is InChI=1S/C21H17ClO/c22-20(23)21(18-12-6-2-7-13-18,19-14-8-3-9-15-19)16-17-10-4-1-5-11-17/h1-15H,16H2. The molecule has 0 saturated heterocycles. The fourth-order valence-corrected chi connectivity index (χ4v) is 3.30. The lowest BCUT2D eigenvalue weighted by Crippen LogP contribution is -2.36. The van der Waals surface area contributed by atoms with Crippen molar-refractivity contribution in [1.29, 1.82) is 0 Å². The molecule has 0 aliphatic heterocycles. The minimum Gasteiger partial charge on any atom is -0.280 e. The Labute approximate surface area is 141 Å². The van der Waals surface area contributed by atoms with Crippen LogP contribution in [0.15, 0.2) is 91.0 Å². The minimum atomic E-state index is -0.884. The van der Waals surface area contributed by atoms with Gasteiger partial charge in [-0.3, -0.25) is 4.79 Å². The second kappa shape index (κ2) is 6.80. The highest BCUT2D eigenvalue weighted by molar-refractivity contribution is 6.66. The van der Waals surface area contributed by atoms with E-state index < -0.39 is 5.41 Å². The zero-order valence-electron chi connectivity index (χ0n) is 12.7. The molecular weight excluding hydrogens is 304 g/mol. The van der Waals surface area contributed by atoms with Gasteiger partial charge in [0, 0.05) is 0 Å². The van der Waals surface area contributed by atoms with Gasteiger partial charge in [0.05, 0.1) is 5.41 Å². The van der Waals surface area contributed by atoms with Crippen LogP contribution in [0.1, 0.15) is 16.7 Å². The van der Waals surface area contributed by atoms with Crippen molar-refractivity contribution in [3.8, 4) is 0 Å². The van der Waals surface area contributed by atoms with Crippen LogP contribution < -0.4 is 0 Å². The summed E-state index contributed by atoms with van der Waals surface area (Å²) in [4.78, 5) is 12.6. The van der Waals surface area contributed by atoms with Crippen molar-refractivity contribution in [2.75, 3.05) is 0 Å². The zero-order valence-corrected chi connectivity index (χ0v) is 13.4. The molecule has 0 unspecified atom stereocenters. The van der Waals surface area contributed by atoms with Crippen LogP contribution in [0, 0.1) is 0 Å². The quantitative estimate of drug-likeness (QED) is 0.606. The van der Waals surface area contributed by atoms with Crippen molar-refractivity contribution in [2.24, 2.45) is 0 Å². The maximum atomic E-state index is 12.6. The highest BCUT2D eigenvalue weighted by Gasteiger charge is 2.40. The predicted molar refractivity (Wildman–Crippen MR) is 94.7 cm³/mol. The summed E-state index contributed by atoms with van der Waals surface area (Å²) in [6, 6.07) is 29.5. The van der Waals surface area contributed by atoms with E-state index in [1.54, 1.807) is 0 Å². The molecule has 0 atom stereocenters. The van der Waals surface area contributed by atoms with Gasteiger partial charge in [-0.25, -0.2) is 0 Å². The Morgan fingerprint density at radius 3 is 1.48 bits per heavy atom. The summed E-state index contributed by atoms with van der Waals surface area (Å²) in [5.41, 5.74) is 2.02. The largest absolute Gasteiger partial charge is 0.280 e. The van der Waals surface area contributed by atoms with E-state index in [9.17, 15) is 4.79 Å². The minimum absolute atomic E-state index is 0.362. The van der Waals surface area contributed by atoms with Crippen LogP contribution >= 0.6 is 11.6 Å². The first kappa shape index (κ1) is 15.5. The second-order valence-corrected chi connectivity index (χ2v) is 5.92. The van der Waals surface area contributed by atoms with Crippen LogP contribution in [-0.4, -0.2) is 5.24 Å². The maximum absolute atomic E-state index is 12.6. The molecule has 0 aliphatic carbocycles. The molecule has 0 radical (unpaired) electrons. The summed E-state index contributed by atoms with van der Waals surface area (Å²) in [6.45, 7) is 0. The van der Waals surface area contributed by atoms with E-state index in [-0.39, 0.29) is 5.24 Å². The van der Waals surface area contributed by atoms with Gasteiger partial charge >= 0.3 is 0 Å². The first-order valence-electron chi connectivity index (χ1n) is 7.58. The van der Waals surface area contributed by atoms with Crippen LogP contribution in [0.2, 0.25) is 0 Å². The number of rotatable bonds is 5. The van der Waals surface area contributed by atoms with E-state index in [4.69, 9.17) is 11.6 Å². The van der Waals surface area contributed by atoms with Gasteiger partial charge in [-0.15, -0.1) is 0 Å². The van der Waals surface area contributed by atoms with Crippen LogP contribution in [0.4, 0.5) is 0 Å². The monoisotopic (exact) mass is 320 g/mol. The summed E-state index contributed by atoms with van der Waals surface area (Å²) in [5, 5.41) is -0.362. The van der Waals surface area contributed by atoms with Gasteiger partial charge in [-0.2, -0.15) is 0 Å². The van der Waals surface area contributed by atoms with Crippen molar-refractivity contribution < 1.29 is 4.79 Å². The van der Waals surface area contributed by atoms with Gasteiger partial charge in [0.25, 0.3) is 0 Å². The van der Waals surface area contributed by atoms with E-state index in [1.165, 1.54) is 0 Å². The first-order valence-corrected chi connectivity index (χ1v) is 7.96. The molecule has 0 bridgehead atoms. The van der Waals surface area contributed by atoms with E-state index >= 15 is 0 Å². The van der Waals surface area contributed by atoms with Crippen molar-refractivity contribution in [3.63, 3.8) is 0 Å². The van der Waals surface area contributed by atoms with E-state index in [0.29, 0.717) is 6.42 Å². The predicted octanol–water partition coefficient (Wildman–Crippen LogP) is 4.98. The summed E-state index contributed by atoms with van der Waals surface area (Å²) < 4.78 is 0. The number of carbonyl (C=O) groups is 1. The molecule has 0 saturated carbocycles. The van der Waals surface area contributed by atoms with Crippen molar-refractivity contribution in [2.45, 2.75) is 11.8 Å². The number of carbonyl (C=O) groups excluding carboxylic acids is 1. The summed E-state index contributed by atoms with van der Waals surface area (Å²) >= 11 is 6.18. The maximum Gasteiger partial charge on any atom is 0.236 e. The Balaban J connectivity index is 2.21. The highest BCUT2D eigenvalue weighted by Crippen LogP contribution is 2.38. The molecule has 0 fully saturated rings. The topological polar surface area (TPSA) is 17.1 Å². The van der Waals surface area contributed by atoms with Crippen LogP contribution in [-0.2, 0) is 16.6 Å². The molecule has 0 spiro atoms. The number of hydrogen-bond donors (Lipinski definition) is 0. The van der Waals surface area contributed by atoms with Crippen LogP contribution in [0.3, 0.4) is 0 Å². The van der Waals surface area contributed by atoms with Crippen molar-refractivity contribution in [1.82, 2.24) is 0 Å². The molecule has 23 heavy (non-hydrogen) atoms. The SMILES string of the molecule is O=C(Cl)C(Cc1ccccc1)(c1ccccc1)c1ccccc1. The number of halogens is 1. The Kier molecular flexibility index (Phi) is 4.59. The number of benzene rings is 3. The highest BCUT2D eigenvalue weighted by atomic mass is 35.5. The van der Waals surface area contributed by atoms with Crippen LogP contribution in [0.25, 0.3) is 0 Å². The Morgan fingerprint density at radius 1 is 0.696 bits per heavy atom. The summed E-state index contributed by atoms with van der Waals surface area (Å²) in [5.74, 6) is 0. The van der Waals surface area contributed by atoms with Gasteiger partial charge in [-0.1, -0.05) is 91.0 Å². The third-order valence-electron chi connectivity index (χ3n) is 4.18. The van der Waals surface area contributed by atoms with E-state index in [0.717, 1.165) is 16.7 Å². The molecule has 3 rings (SSSR count). The molecule has 2 heteroatoms. The van der Waals surface area contributed by atoms with Gasteiger partial charge in [0.15, 0.2) is 0 Å². The van der Waals surface area contributed by atoms with Gasteiger partial charge in [0.2, 0.25) is 5.24 Å². The van der Waals surface area contributed by atoms with Crippen molar-refractivity contribution in [3.05, 3.63) is 108 Å². The van der Waals surface area contributed by atoms with Gasteiger partial charge < -0.3 is 0 Å². The Morgan fingerprint density at radius 2 is 1.09 bits per heavy atom. The molecule has 3 aromatic carbocycles. The fraction of sp³-hybridized carbons (Fsp3) is 0.0952. The zero-order chi connectivity index (χ0) is 16.1. The average Bonchev–Trinajstić information content (AvgIpc) is 2.62. The van der Waals surface area contributed by atoms with Crippen molar-refractivity contribution >= 4 is 16.8 Å². The lowest BCUT2D eigenvalue weighted by Gasteiger charge is -2.31. The molecule has 0 aromatic heterocycles. The van der Waals surface area contributed by atoms with E-state index in [2.05, 4.69) is 0 Å².